The monoisotopic (exact) mass is 538 g/mol. The summed E-state index contributed by atoms with van der Waals surface area (Å²) in [6, 6.07) is 2.58. The topological polar surface area (TPSA) is 23.8 Å². The Morgan fingerprint density at radius 3 is 1.05 bits per heavy atom. The Morgan fingerprint density at radius 1 is 0.410 bits per heavy atom. The summed E-state index contributed by atoms with van der Waals surface area (Å²) in [5.41, 5.74) is 0. The van der Waals surface area contributed by atoms with Crippen molar-refractivity contribution in [2.75, 3.05) is 0 Å². The SMILES string of the molecule is CCCCC/C=C\C/C=C\CCCCCCCCC(C#N)CCCCCCCC/C=C\C/C=C\CCCCC. The molecule has 0 N–H and O–H groups in total. The summed E-state index contributed by atoms with van der Waals surface area (Å²) in [4.78, 5) is 0. The molecule has 0 atom stereocenters. The molecule has 0 saturated carbocycles. The van der Waals surface area contributed by atoms with Crippen molar-refractivity contribution >= 4 is 0 Å². The van der Waals surface area contributed by atoms with Crippen LogP contribution in [0.1, 0.15) is 181 Å². The second kappa shape index (κ2) is 34.5. The van der Waals surface area contributed by atoms with Crippen molar-refractivity contribution in [3.63, 3.8) is 0 Å². The molecule has 0 aromatic heterocycles. The van der Waals surface area contributed by atoms with E-state index in [0.717, 1.165) is 25.7 Å². The normalized spacial score (nSPS) is 12.3. The van der Waals surface area contributed by atoms with Gasteiger partial charge in [-0.3, -0.25) is 0 Å². The molecule has 0 aromatic rings. The van der Waals surface area contributed by atoms with Crippen LogP contribution in [0.2, 0.25) is 0 Å². The minimum Gasteiger partial charge on any atom is -0.198 e. The number of unbranched alkanes of at least 4 members (excludes halogenated alkanes) is 18. The highest BCUT2D eigenvalue weighted by molar-refractivity contribution is 4.93. The first-order valence-corrected chi connectivity index (χ1v) is 17.3. The summed E-state index contributed by atoms with van der Waals surface area (Å²) in [5.74, 6) is 0.293. The van der Waals surface area contributed by atoms with Crippen molar-refractivity contribution < 1.29 is 0 Å². The molecular formula is C38H67N. The fourth-order valence-electron chi connectivity index (χ4n) is 5.03. The van der Waals surface area contributed by atoms with Crippen LogP contribution in [0.15, 0.2) is 48.6 Å². The zero-order valence-electron chi connectivity index (χ0n) is 26.5. The Labute approximate surface area is 246 Å². The summed E-state index contributed by atoms with van der Waals surface area (Å²) in [7, 11) is 0. The third kappa shape index (κ3) is 32.6. The van der Waals surface area contributed by atoms with Crippen molar-refractivity contribution in [2.24, 2.45) is 5.92 Å². The molecule has 0 radical (unpaired) electrons. The summed E-state index contributed by atoms with van der Waals surface area (Å²) < 4.78 is 0. The van der Waals surface area contributed by atoms with Gasteiger partial charge in [-0.1, -0.05) is 152 Å². The van der Waals surface area contributed by atoms with Crippen LogP contribution in [0.4, 0.5) is 0 Å². The van der Waals surface area contributed by atoms with E-state index < -0.39 is 0 Å². The average molecular weight is 538 g/mol. The molecule has 0 aliphatic rings. The van der Waals surface area contributed by atoms with E-state index in [0.29, 0.717) is 5.92 Å². The fourth-order valence-corrected chi connectivity index (χ4v) is 5.03. The molecule has 0 spiro atoms. The molecule has 1 nitrogen and oxygen atoms in total. The van der Waals surface area contributed by atoms with Crippen molar-refractivity contribution in [1.82, 2.24) is 0 Å². The van der Waals surface area contributed by atoms with Crippen LogP contribution in [0.3, 0.4) is 0 Å². The Bertz CT molecular complexity index is 569. The smallest absolute Gasteiger partial charge is 0.0655 e. The van der Waals surface area contributed by atoms with Gasteiger partial charge in [0.2, 0.25) is 0 Å². The van der Waals surface area contributed by atoms with E-state index in [2.05, 4.69) is 68.5 Å². The van der Waals surface area contributed by atoms with E-state index in [4.69, 9.17) is 0 Å². The zero-order valence-corrected chi connectivity index (χ0v) is 26.5. The predicted octanol–water partition coefficient (Wildman–Crippen LogP) is 13.5. The standard InChI is InChI=1S/C38H67N/c1-3-5-7-9-11-13-15-17-19-21-23-25-27-29-31-33-35-38(37-39)36-34-32-30-28-26-24-22-20-18-16-14-12-10-8-6-4-2/h11-14,17-20,38H,3-10,15-16,21-36H2,1-2H3/b13-11-,14-12-,19-17-,20-18-. The molecule has 0 heterocycles. The van der Waals surface area contributed by atoms with Crippen molar-refractivity contribution in [3.05, 3.63) is 48.6 Å². The predicted molar refractivity (Wildman–Crippen MR) is 177 cm³/mol. The maximum Gasteiger partial charge on any atom is 0.0655 e. The van der Waals surface area contributed by atoms with E-state index in [1.807, 2.05) is 0 Å². The molecule has 0 saturated heterocycles. The fraction of sp³-hybridized carbons (Fsp3) is 0.763. The lowest BCUT2D eigenvalue weighted by molar-refractivity contribution is 0.471. The number of nitrogens with zero attached hydrogens (tertiary/aromatic N) is 1. The van der Waals surface area contributed by atoms with Gasteiger partial charge in [0.15, 0.2) is 0 Å². The van der Waals surface area contributed by atoms with E-state index in [1.54, 1.807) is 0 Å². The molecular weight excluding hydrogens is 470 g/mol. The second-order valence-electron chi connectivity index (χ2n) is 11.6. The van der Waals surface area contributed by atoms with Gasteiger partial charge in [0.25, 0.3) is 0 Å². The quantitative estimate of drug-likeness (QED) is 0.0660. The van der Waals surface area contributed by atoms with Crippen LogP contribution in [0.5, 0.6) is 0 Å². The molecule has 0 bridgehead atoms. The average Bonchev–Trinajstić information content (AvgIpc) is 2.95. The highest BCUT2D eigenvalue weighted by Gasteiger charge is 2.06. The van der Waals surface area contributed by atoms with Crippen molar-refractivity contribution in [2.45, 2.75) is 181 Å². The van der Waals surface area contributed by atoms with E-state index >= 15 is 0 Å². The number of hydrogen-bond acceptors (Lipinski definition) is 1. The van der Waals surface area contributed by atoms with Crippen molar-refractivity contribution in [1.29, 1.82) is 5.26 Å². The number of allylic oxidation sites excluding steroid dienone is 8. The first-order valence-electron chi connectivity index (χ1n) is 17.3. The maximum atomic E-state index is 9.51. The van der Waals surface area contributed by atoms with Crippen molar-refractivity contribution in [3.8, 4) is 6.07 Å². The number of nitriles is 1. The van der Waals surface area contributed by atoms with Crippen LogP contribution in [-0.2, 0) is 0 Å². The molecule has 0 amide bonds. The van der Waals surface area contributed by atoms with Crippen LogP contribution in [0.25, 0.3) is 0 Å². The van der Waals surface area contributed by atoms with Gasteiger partial charge in [0.05, 0.1) is 6.07 Å². The van der Waals surface area contributed by atoms with Gasteiger partial charge in [0.1, 0.15) is 0 Å². The molecule has 39 heavy (non-hydrogen) atoms. The second-order valence-corrected chi connectivity index (χ2v) is 11.6. The highest BCUT2D eigenvalue weighted by Crippen LogP contribution is 2.19. The molecule has 224 valence electrons. The summed E-state index contributed by atoms with van der Waals surface area (Å²) in [6.07, 6.45) is 51.9. The molecule has 0 unspecified atom stereocenters. The largest absolute Gasteiger partial charge is 0.198 e. The van der Waals surface area contributed by atoms with Crippen LogP contribution >= 0.6 is 0 Å². The van der Waals surface area contributed by atoms with Crippen LogP contribution in [0, 0.1) is 17.2 Å². The Kier molecular flexibility index (Phi) is 33.1. The Hall–Kier alpha value is -1.55. The summed E-state index contributed by atoms with van der Waals surface area (Å²) >= 11 is 0. The zero-order chi connectivity index (χ0) is 28.3. The van der Waals surface area contributed by atoms with Crippen LogP contribution < -0.4 is 0 Å². The van der Waals surface area contributed by atoms with E-state index in [1.165, 1.54) is 141 Å². The lowest BCUT2D eigenvalue weighted by Crippen LogP contribution is -1.97. The molecule has 0 rings (SSSR count). The third-order valence-corrected chi connectivity index (χ3v) is 7.69. The molecule has 0 aliphatic carbocycles. The van der Waals surface area contributed by atoms with E-state index in [9.17, 15) is 5.26 Å². The minimum atomic E-state index is 0.293. The minimum absolute atomic E-state index is 0.293. The first kappa shape index (κ1) is 37.5. The maximum absolute atomic E-state index is 9.51. The van der Waals surface area contributed by atoms with Gasteiger partial charge in [-0.25, -0.2) is 0 Å². The summed E-state index contributed by atoms with van der Waals surface area (Å²) in [6.45, 7) is 4.52. The van der Waals surface area contributed by atoms with Gasteiger partial charge in [0, 0.05) is 5.92 Å². The number of rotatable bonds is 30. The molecule has 0 fully saturated rings. The first-order chi connectivity index (χ1) is 19.3. The summed E-state index contributed by atoms with van der Waals surface area (Å²) in [5, 5.41) is 9.51. The lowest BCUT2D eigenvalue weighted by atomic mass is 9.95. The van der Waals surface area contributed by atoms with Gasteiger partial charge >= 0.3 is 0 Å². The lowest BCUT2D eigenvalue weighted by Gasteiger charge is -2.09. The molecule has 0 aliphatic heterocycles. The van der Waals surface area contributed by atoms with Gasteiger partial charge in [-0.05, 0) is 77.0 Å². The van der Waals surface area contributed by atoms with E-state index in [-0.39, 0.29) is 0 Å². The number of hydrogen-bond donors (Lipinski definition) is 0. The highest BCUT2D eigenvalue weighted by atomic mass is 14.3. The Morgan fingerprint density at radius 2 is 0.718 bits per heavy atom. The third-order valence-electron chi connectivity index (χ3n) is 7.69. The van der Waals surface area contributed by atoms with Gasteiger partial charge < -0.3 is 0 Å². The molecule has 1 heteroatoms. The Balaban J connectivity index is 3.41. The van der Waals surface area contributed by atoms with Gasteiger partial charge in [-0.2, -0.15) is 5.26 Å². The van der Waals surface area contributed by atoms with Gasteiger partial charge in [-0.15, -0.1) is 0 Å². The molecule has 0 aromatic carbocycles. The van der Waals surface area contributed by atoms with Crippen LogP contribution in [-0.4, -0.2) is 0 Å².